The SMILES string of the molecule is CN(CC(C)(C)O)C(=O)c1ccc(O)c(O)c1. The number of carbonyl (C=O) groups excluding carboxylic acids is 1. The van der Waals surface area contributed by atoms with Gasteiger partial charge in [0.15, 0.2) is 11.5 Å². The number of phenolic OH excluding ortho intramolecular Hbond substituents is 2. The van der Waals surface area contributed by atoms with Crippen molar-refractivity contribution in [3.8, 4) is 11.5 Å². The second-order valence-corrected chi connectivity index (χ2v) is 4.68. The van der Waals surface area contributed by atoms with Gasteiger partial charge in [0, 0.05) is 19.2 Å². The molecule has 0 bridgehead atoms. The van der Waals surface area contributed by atoms with E-state index in [1.54, 1.807) is 20.9 Å². The van der Waals surface area contributed by atoms with Crippen LogP contribution in [0.4, 0.5) is 0 Å². The number of hydrogen-bond donors (Lipinski definition) is 3. The van der Waals surface area contributed by atoms with Gasteiger partial charge in [-0.25, -0.2) is 0 Å². The van der Waals surface area contributed by atoms with Crippen LogP contribution in [0.15, 0.2) is 18.2 Å². The van der Waals surface area contributed by atoms with Crippen LogP contribution in [-0.4, -0.2) is 45.3 Å². The van der Waals surface area contributed by atoms with E-state index in [4.69, 9.17) is 5.11 Å². The number of amides is 1. The van der Waals surface area contributed by atoms with Crippen molar-refractivity contribution < 1.29 is 20.1 Å². The Morgan fingerprint density at radius 2 is 1.88 bits per heavy atom. The molecule has 0 aromatic heterocycles. The van der Waals surface area contributed by atoms with Gasteiger partial charge in [0.25, 0.3) is 5.91 Å². The largest absolute Gasteiger partial charge is 0.504 e. The van der Waals surface area contributed by atoms with Crippen molar-refractivity contribution in [3.63, 3.8) is 0 Å². The minimum atomic E-state index is -0.983. The molecular formula is C12H17NO4. The van der Waals surface area contributed by atoms with Crippen molar-refractivity contribution in [1.82, 2.24) is 4.90 Å². The monoisotopic (exact) mass is 239 g/mol. The summed E-state index contributed by atoms with van der Waals surface area (Å²) < 4.78 is 0. The molecule has 1 amide bonds. The van der Waals surface area contributed by atoms with Gasteiger partial charge in [0.05, 0.1) is 5.60 Å². The maximum absolute atomic E-state index is 11.9. The average Bonchev–Trinajstić information content (AvgIpc) is 2.18. The first kappa shape index (κ1) is 13.3. The van der Waals surface area contributed by atoms with Crippen molar-refractivity contribution in [2.45, 2.75) is 19.4 Å². The Balaban J connectivity index is 2.85. The number of likely N-dealkylation sites (N-methyl/N-ethyl adjacent to an activating group) is 1. The molecule has 5 heteroatoms. The molecule has 0 radical (unpaired) electrons. The molecule has 1 aromatic rings. The standard InChI is InChI=1S/C12H17NO4/c1-12(2,17)7-13(3)11(16)8-4-5-9(14)10(15)6-8/h4-6,14-15,17H,7H2,1-3H3. The lowest BCUT2D eigenvalue weighted by molar-refractivity contribution is 0.0367. The summed E-state index contributed by atoms with van der Waals surface area (Å²) in [7, 11) is 1.56. The second-order valence-electron chi connectivity index (χ2n) is 4.68. The molecule has 0 aliphatic carbocycles. The molecule has 5 nitrogen and oxygen atoms in total. The van der Waals surface area contributed by atoms with Crippen LogP contribution in [0.3, 0.4) is 0 Å². The molecule has 0 spiro atoms. The van der Waals surface area contributed by atoms with E-state index in [0.29, 0.717) is 0 Å². The summed E-state index contributed by atoms with van der Waals surface area (Å²) in [5.74, 6) is -0.943. The third kappa shape index (κ3) is 3.64. The first-order valence-electron chi connectivity index (χ1n) is 5.20. The van der Waals surface area contributed by atoms with Gasteiger partial charge in [-0.05, 0) is 32.0 Å². The van der Waals surface area contributed by atoms with E-state index in [0.717, 1.165) is 0 Å². The lowest BCUT2D eigenvalue weighted by atomic mass is 10.1. The molecule has 94 valence electrons. The van der Waals surface area contributed by atoms with E-state index >= 15 is 0 Å². The maximum atomic E-state index is 11.9. The lowest BCUT2D eigenvalue weighted by Gasteiger charge is -2.25. The molecule has 0 aliphatic rings. The van der Waals surface area contributed by atoms with Crippen LogP contribution < -0.4 is 0 Å². The fourth-order valence-electron chi connectivity index (χ4n) is 1.53. The quantitative estimate of drug-likeness (QED) is 0.686. The highest BCUT2D eigenvalue weighted by atomic mass is 16.3. The Morgan fingerprint density at radius 1 is 1.29 bits per heavy atom. The van der Waals surface area contributed by atoms with Gasteiger partial charge < -0.3 is 20.2 Å². The number of benzene rings is 1. The normalized spacial score (nSPS) is 11.3. The van der Waals surface area contributed by atoms with Crippen LogP contribution in [0.2, 0.25) is 0 Å². The Morgan fingerprint density at radius 3 is 2.35 bits per heavy atom. The summed E-state index contributed by atoms with van der Waals surface area (Å²) in [6, 6.07) is 3.86. The fourth-order valence-corrected chi connectivity index (χ4v) is 1.53. The summed E-state index contributed by atoms with van der Waals surface area (Å²) in [5.41, 5.74) is -0.726. The number of aromatic hydroxyl groups is 2. The van der Waals surface area contributed by atoms with E-state index in [-0.39, 0.29) is 29.5 Å². The van der Waals surface area contributed by atoms with Crippen LogP contribution in [0.25, 0.3) is 0 Å². The highest BCUT2D eigenvalue weighted by Crippen LogP contribution is 2.25. The molecule has 0 fully saturated rings. The van der Waals surface area contributed by atoms with Crippen molar-refractivity contribution in [3.05, 3.63) is 23.8 Å². The third-order valence-corrected chi connectivity index (χ3v) is 2.19. The molecule has 0 unspecified atom stereocenters. The maximum Gasteiger partial charge on any atom is 0.253 e. The van der Waals surface area contributed by atoms with Crippen LogP contribution >= 0.6 is 0 Å². The van der Waals surface area contributed by atoms with E-state index in [9.17, 15) is 15.0 Å². The first-order valence-corrected chi connectivity index (χ1v) is 5.20. The van der Waals surface area contributed by atoms with E-state index in [1.165, 1.54) is 23.1 Å². The molecule has 0 saturated heterocycles. The number of aliphatic hydroxyl groups is 1. The topological polar surface area (TPSA) is 81.0 Å². The molecule has 0 saturated carbocycles. The van der Waals surface area contributed by atoms with E-state index in [1.807, 2.05) is 0 Å². The predicted molar refractivity (Wildman–Crippen MR) is 63.0 cm³/mol. The van der Waals surface area contributed by atoms with Crippen LogP contribution in [0.5, 0.6) is 11.5 Å². The Labute approximate surface area is 99.9 Å². The van der Waals surface area contributed by atoms with Gasteiger partial charge in [0.1, 0.15) is 0 Å². The zero-order chi connectivity index (χ0) is 13.2. The van der Waals surface area contributed by atoms with Gasteiger partial charge >= 0.3 is 0 Å². The van der Waals surface area contributed by atoms with Gasteiger partial charge in [-0.1, -0.05) is 0 Å². The molecule has 1 rings (SSSR count). The van der Waals surface area contributed by atoms with Crippen molar-refractivity contribution >= 4 is 5.91 Å². The zero-order valence-electron chi connectivity index (χ0n) is 10.1. The van der Waals surface area contributed by atoms with E-state index < -0.39 is 5.60 Å². The van der Waals surface area contributed by atoms with Gasteiger partial charge in [-0.2, -0.15) is 0 Å². The minimum absolute atomic E-state index is 0.174. The molecule has 0 aliphatic heterocycles. The zero-order valence-corrected chi connectivity index (χ0v) is 10.1. The summed E-state index contributed by atoms with van der Waals surface area (Å²) in [4.78, 5) is 13.3. The smallest absolute Gasteiger partial charge is 0.253 e. The Bertz CT molecular complexity index is 423. The molecule has 0 atom stereocenters. The summed E-state index contributed by atoms with van der Waals surface area (Å²) in [6.45, 7) is 3.38. The number of hydrogen-bond acceptors (Lipinski definition) is 4. The van der Waals surface area contributed by atoms with Crippen LogP contribution in [0, 0.1) is 0 Å². The molecule has 0 heterocycles. The number of carbonyl (C=O) groups is 1. The second kappa shape index (κ2) is 4.63. The van der Waals surface area contributed by atoms with Crippen LogP contribution in [0.1, 0.15) is 24.2 Å². The Hall–Kier alpha value is -1.75. The fraction of sp³-hybridized carbons (Fsp3) is 0.417. The first-order chi connectivity index (χ1) is 7.70. The van der Waals surface area contributed by atoms with Gasteiger partial charge in [0.2, 0.25) is 0 Å². The Kier molecular flexibility index (Phi) is 3.63. The highest BCUT2D eigenvalue weighted by molar-refractivity contribution is 5.94. The number of nitrogens with zero attached hydrogens (tertiary/aromatic N) is 1. The average molecular weight is 239 g/mol. The molecule has 1 aromatic carbocycles. The van der Waals surface area contributed by atoms with E-state index in [2.05, 4.69) is 0 Å². The molecule has 3 N–H and O–H groups in total. The summed E-state index contributed by atoms with van der Waals surface area (Å²) in [6.07, 6.45) is 0. The van der Waals surface area contributed by atoms with Crippen LogP contribution in [-0.2, 0) is 0 Å². The number of phenols is 2. The lowest BCUT2D eigenvalue weighted by Crippen LogP contribution is -2.39. The highest BCUT2D eigenvalue weighted by Gasteiger charge is 2.20. The van der Waals surface area contributed by atoms with Gasteiger partial charge in [-0.15, -0.1) is 0 Å². The minimum Gasteiger partial charge on any atom is -0.504 e. The summed E-state index contributed by atoms with van der Waals surface area (Å²) >= 11 is 0. The summed E-state index contributed by atoms with van der Waals surface area (Å²) in [5, 5.41) is 28.0. The van der Waals surface area contributed by atoms with Gasteiger partial charge in [-0.3, -0.25) is 4.79 Å². The third-order valence-electron chi connectivity index (χ3n) is 2.19. The van der Waals surface area contributed by atoms with Crippen molar-refractivity contribution in [2.75, 3.05) is 13.6 Å². The predicted octanol–water partition coefficient (Wildman–Crippen LogP) is 0.941. The molecule has 17 heavy (non-hydrogen) atoms. The van der Waals surface area contributed by atoms with Crippen molar-refractivity contribution in [2.24, 2.45) is 0 Å². The molecular weight excluding hydrogens is 222 g/mol. The number of rotatable bonds is 3. The van der Waals surface area contributed by atoms with Crippen molar-refractivity contribution in [1.29, 1.82) is 0 Å².